The zero-order chi connectivity index (χ0) is 23.8. The third-order valence-electron chi connectivity index (χ3n) is 5.55. The molecule has 3 aromatic rings. The number of tetrazole rings is 1. The van der Waals surface area contributed by atoms with Gasteiger partial charge in [-0.2, -0.15) is 18.0 Å². The number of carbonyl (C=O) groups excluding carboxylic acids is 1. The van der Waals surface area contributed by atoms with Crippen LogP contribution in [-0.2, 0) is 18.0 Å². The minimum absolute atomic E-state index is 0.0446. The average Bonchev–Trinajstić information content (AvgIpc) is 3.33. The number of anilines is 1. The maximum Gasteiger partial charge on any atom is 0.433 e. The normalized spacial score (nSPS) is 18.8. The van der Waals surface area contributed by atoms with E-state index in [2.05, 4.69) is 25.7 Å². The van der Waals surface area contributed by atoms with E-state index >= 15 is 0 Å². The van der Waals surface area contributed by atoms with Crippen LogP contribution in [0.3, 0.4) is 0 Å². The molecule has 0 radical (unpaired) electrons. The molecule has 1 N–H and O–H groups in total. The Hall–Kier alpha value is -3.44. The molecule has 7 nitrogen and oxygen atoms in total. The summed E-state index contributed by atoms with van der Waals surface area (Å²) < 4.78 is 66.1. The first kappa shape index (κ1) is 22.7. The molecule has 1 aromatic carbocycles. The zero-order valence-corrected chi connectivity index (χ0v) is 17.4. The molecule has 1 aliphatic carbocycles. The van der Waals surface area contributed by atoms with Crippen LogP contribution in [0.2, 0.25) is 0 Å². The summed E-state index contributed by atoms with van der Waals surface area (Å²) in [5.74, 6) is -4.66. The van der Waals surface area contributed by atoms with Gasteiger partial charge in [-0.25, -0.2) is 13.8 Å². The highest BCUT2D eigenvalue weighted by molar-refractivity contribution is 5.96. The largest absolute Gasteiger partial charge is 0.433 e. The molecular weight excluding hydrogens is 447 g/mol. The summed E-state index contributed by atoms with van der Waals surface area (Å²) in [5.41, 5.74) is 0.0845. The first-order chi connectivity index (χ1) is 15.5. The lowest BCUT2D eigenvalue weighted by Gasteiger charge is -2.23. The van der Waals surface area contributed by atoms with Crippen LogP contribution in [0.15, 0.2) is 42.6 Å². The van der Waals surface area contributed by atoms with E-state index in [4.69, 9.17) is 0 Å². The van der Waals surface area contributed by atoms with Crippen LogP contribution < -0.4 is 5.32 Å². The number of rotatable bonds is 5. The van der Waals surface area contributed by atoms with Gasteiger partial charge in [0, 0.05) is 18.4 Å². The Morgan fingerprint density at radius 1 is 1.18 bits per heavy atom. The molecule has 0 spiro atoms. The molecule has 1 fully saturated rings. The Bertz CT molecular complexity index is 1130. The summed E-state index contributed by atoms with van der Waals surface area (Å²) in [6.07, 6.45) is -4.36. The molecule has 174 valence electrons. The van der Waals surface area contributed by atoms with Crippen molar-refractivity contribution < 1.29 is 26.7 Å². The SMILES string of the molecule is Cn1nnc(-c2ccc(C(C(=O)Nc3ccc(C(F)(F)F)nc3)C3CCC(F)(F)C3)cc2)n1. The zero-order valence-electron chi connectivity index (χ0n) is 17.4. The minimum Gasteiger partial charge on any atom is -0.324 e. The number of aromatic nitrogens is 5. The monoisotopic (exact) mass is 466 g/mol. The van der Waals surface area contributed by atoms with Gasteiger partial charge in [-0.15, -0.1) is 10.2 Å². The van der Waals surface area contributed by atoms with Crippen molar-refractivity contribution in [1.82, 2.24) is 25.2 Å². The predicted molar refractivity (Wildman–Crippen MR) is 107 cm³/mol. The Balaban J connectivity index is 1.59. The molecule has 1 amide bonds. The topological polar surface area (TPSA) is 85.6 Å². The van der Waals surface area contributed by atoms with E-state index in [1.807, 2.05) is 0 Å². The number of hydrogen-bond donors (Lipinski definition) is 1. The molecule has 0 saturated heterocycles. The number of halogens is 5. The number of aryl methyl sites for hydroxylation is 1. The van der Waals surface area contributed by atoms with Crippen LogP contribution in [0.1, 0.15) is 36.4 Å². The predicted octanol–water partition coefficient (Wildman–Crippen LogP) is 4.45. The molecular formula is C21H19F5N6O. The van der Waals surface area contributed by atoms with Crippen molar-refractivity contribution in [3.63, 3.8) is 0 Å². The Morgan fingerprint density at radius 3 is 2.42 bits per heavy atom. The summed E-state index contributed by atoms with van der Waals surface area (Å²) in [7, 11) is 1.61. The van der Waals surface area contributed by atoms with Gasteiger partial charge in [0.2, 0.25) is 17.7 Å². The third kappa shape index (κ3) is 5.15. The number of nitrogens with one attached hydrogen (secondary N) is 1. The molecule has 0 aliphatic heterocycles. The van der Waals surface area contributed by atoms with Crippen LogP contribution in [-0.4, -0.2) is 37.0 Å². The minimum atomic E-state index is -4.61. The van der Waals surface area contributed by atoms with Crippen molar-refractivity contribution in [1.29, 1.82) is 0 Å². The van der Waals surface area contributed by atoms with Crippen molar-refractivity contribution in [2.24, 2.45) is 13.0 Å². The van der Waals surface area contributed by atoms with E-state index in [-0.39, 0.29) is 18.5 Å². The quantitative estimate of drug-likeness (QED) is 0.562. The van der Waals surface area contributed by atoms with Crippen molar-refractivity contribution in [2.45, 2.75) is 37.3 Å². The second-order valence-electron chi connectivity index (χ2n) is 7.98. The fourth-order valence-corrected chi connectivity index (χ4v) is 4.00. The third-order valence-corrected chi connectivity index (χ3v) is 5.55. The Morgan fingerprint density at radius 2 is 1.91 bits per heavy atom. The van der Waals surface area contributed by atoms with E-state index in [0.29, 0.717) is 17.0 Å². The van der Waals surface area contributed by atoms with Gasteiger partial charge in [0.15, 0.2) is 0 Å². The second-order valence-corrected chi connectivity index (χ2v) is 7.98. The number of benzene rings is 1. The summed E-state index contributed by atoms with van der Waals surface area (Å²) >= 11 is 0. The maximum atomic E-state index is 13.9. The van der Waals surface area contributed by atoms with Crippen LogP contribution >= 0.6 is 0 Å². The lowest BCUT2D eigenvalue weighted by atomic mass is 9.83. The van der Waals surface area contributed by atoms with Gasteiger partial charge in [0.05, 0.1) is 24.8 Å². The van der Waals surface area contributed by atoms with Gasteiger partial charge in [-0.1, -0.05) is 24.3 Å². The smallest absolute Gasteiger partial charge is 0.324 e. The van der Waals surface area contributed by atoms with E-state index in [9.17, 15) is 26.7 Å². The summed E-state index contributed by atoms with van der Waals surface area (Å²) in [4.78, 5) is 17.7. The standard InChI is InChI=1S/C21H19F5N6O/c1-32-30-18(29-31-32)13-4-2-12(3-5-13)17(14-8-9-20(22,23)10-14)19(33)28-15-6-7-16(27-11-15)21(24,25)26/h2-7,11,14,17H,8-10H2,1H3,(H,28,33). The molecule has 0 bridgehead atoms. The Kier molecular flexibility index (Phi) is 5.85. The van der Waals surface area contributed by atoms with E-state index in [1.165, 1.54) is 4.80 Å². The lowest BCUT2D eigenvalue weighted by Crippen LogP contribution is -2.27. The maximum absolute atomic E-state index is 13.9. The number of amides is 1. The van der Waals surface area contributed by atoms with Gasteiger partial charge in [0.25, 0.3) is 0 Å². The van der Waals surface area contributed by atoms with E-state index < -0.39 is 42.0 Å². The molecule has 2 aromatic heterocycles. The molecule has 1 aliphatic rings. The second kappa shape index (κ2) is 8.49. The van der Waals surface area contributed by atoms with Crippen LogP contribution in [0.5, 0.6) is 0 Å². The first-order valence-corrected chi connectivity index (χ1v) is 10.1. The molecule has 2 unspecified atom stereocenters. The van der Waals surface area contributed by atoms with Gasteiger partial charge in [0.1, 0.15) is 5.69 Å². The summed E-state index contributed by atoms with van der Waals surface area (Å²) in [5, 5.41) is 14.3. The highest BCUT2D eigenvalue weighted by atomic mass is 19.4. The Labute approximate surface area is 185 Å². The highest BCUT2D eigenvalue weighted by Gasteiger charge is 2.45. The van der Waals surface area contributed by atoms with Crippen LogP contribution in [0.25, 0.3) is 11.4 Å². The number of hydrogen-bond acceptors (Lipinski definition) is 5. The van der Waals surface area contributed by atoms with Crippen LogP contribution in [0, 0.1) is 5.92 Å². The fraction of sp³-hybridized carbons (Fsp3) is 0.381. The van der Waals surface area contributed by atoms with Crippen molar-refractivity contribution in [3.05, 3.63) is 53.9 Å². The molecule has 2 heterocycles. The number of pyridine rings is 1. The van der Waals surface area contributed by atoms with Crippen molar-refractivity contribution >= 4 is 11.6 Å². The molecule has 12 heteroatoms. The number of carbonyl (C=O) groups is 1. The lowest BCUT2D eigenvalue weighted by molar-refractivity contribution is -0.141. The molecule has 1 saturated carbocycles. The number of alkyl halides is 5. The highest BCUT2D eigenvalue weighted by Crippen LogP contribution is 2.46. The summed E-state index contributed by atoms with van der Waals surface area (Å²) in [6, 6.07) is 8.43. The first-order valence-electron chi connectivity index (χ1n) is 10.1. The van der Waals surface area contributed by atoms with E-state index in [0.717, 1.165) is 18.3 Å². The van der Waals surface area contributed by atoms with Gasteiger partial charge in [-0.3, -0.25) is 4.79 Å². The van der Waals surface area contributed by atoms with Crippen molar-refractivity contribution in [3.8, 4) is 11.4 Å². The fourth-order valence-electron chi connectivity index (χ4n) is 4.00. The average molecular weight is 466 g/mol. The van der Waals surface area contributed by atoms with Gasteiger partial charge in [-0.05, 0) is 35.2 Å². The van der Waals surface area contributed by atoms with Crippen molar-refractivity contribution in [2.75, 3.05) is 5.32 Å². The van der Waals surface area contributed by atoms with E-state index in [1.54, 1.807) is 31.3 Å². The number of nitrogens with zero attached hydrogens (tertiary/aromatic N) is 5. The molecule has 2 atom stereocenters. The molecule has 33 heavy (non-hydrogen) atoms. The van der Waals surface area contributed by atoms with Crippen LogP contribution in [0.4, 0.5) is 27.6 Å². The van der Waals surface area contributed by atoms with Gasteiger partial charge < -0.3 is 5.32 Å². The summed E-state index contributed by atoms with van der Waals surface area (Å²) in [6.45, 7) is 0. The van der Waals surface area contributed by atoms with Gasteiger partial charge >= 0.3 is 6.18 Å². The molecule has 4 rings (SSSR count).